The maximum absolute atomic E-state index is 11.1. The number of benzene rings is 1. The van der Waals surface area contributed by atoms with Crippen molar-refractivity contribution in [1.82, 2.24) is 0 Å². The first-order chi connectivity index (χ1) is 7.51. The van der Waals surface area contributed by atoms with E-state index in [1.807, 2.05) is 0 Å². The van der Waals surface area contributed by atoms with Crippen LogP contribution in [0.4, 0.5) is 0 Å². The highest BCUT2D eigenvalue weighted by Gasteiger charge is 2.16. The maximum Gasteiger partial charge on any atom is 0.226 e. The van der Waals surface area contributed by atoms with Crippen LogP contribution in [0, 0.1) is 0 Å². The Morgan fingerprint density at radius 1 is 0.875 bits per heavy atom. The molecule has 0 heterocycles. The van der Waals surface area contributed by atoms with Crippen LogP contribution in [-0.2, 0) is 9.59 Å². The van der Waals surface area contributed by atoms with Crippen molar-refractivity contribution in [1.29, 1.82) is 0 Å². The second kappa shape index (κ2) is 5.01. The van der Waals surface area contributed by atoms with E-state index in [1.54, 1.807) is 0 Å². The molecule has 0 atom stereocenters. The summed E-state index contributed by atoms with van der Waals surface area (Å²) in [5.41, 5.74) is -0.215. The summed E-state index contributed by atoms with van der Waals surface area (Å²) in [6.07, 6.45) is 0.164. The number of rotatable bonds is 4. The molecule has 0 amide bonds. The van der Waals surface area contributed by atoms with Crippen LogP contribution in [0.5, 0.6) is 0 Å². The molecule has 0 unspecified atom stereocenters. The molecule has 0 fully saturated rings. The van der Waals surface area contributed by atoms with Gasteiger partial charge in [0, 0.05) is 11.1 Å². The van der Waals surface area contributed by atoms with Gasteiger partial charge < -0.3 is 0 Å². The predicted molar refractivity (Wildman–Crippen MR) is 57.3 cm³/mol. The highest BCUT2D eigenvalue weighted by Crippen LogP contribution is 2.25. The van der Waals surface area contributed by atoms with Gasteiger partial charge >= 0.3 is 0 Å². The van der Waals surface area contributed by atoms with Crippen molar-refractivity contribution in [3.63, 3.8) is 0 Å². The van der Waals surface area contributed by atoms with E-state index in [4.69, 9.17) is 23.2 Å². The van der Waals surface area contributed by atoms with Crippen LogP contribution in [0.25, 0.3) is 0 Å². The van der Waals surface area contributed by atoms with Gasteiger partial charge in [0.15, 0.2) is 12.6 Å². The molecule has 1 rings (SSSR count). The van der Waals surface area contributed by atoms with Crippen LogP contribution in [0.3, 0.4) is 0 Å². The molecule has 82 valence electrons. The molecular weight excluding hydrogens is 255 g/mol. The van der Waals surface area contributed by atoms with E-state index in [1.165, 1.54) is 0 Å². The van der Waals surface area contributed by atoms with E-state index < -0.39 is 11.6 Å². The van der Waals surface area contributed by atoms with Crippen LogP contribution < -0.4 is 0 Å². The number of carbonyl (C=O) groups excluding carboxylic acids is 4. The fourth-order valence-electron chi connectivity index (χ4n) is 1.05. The number of Topliss-reactive ketones (excluding diaryl/α,β-unsaturated/α-hetero) is 2. The largest absolute Gasteiger partial charge is 0.294 e. The molecule has 0 aliphatic rings. The third-order valence-corrected chi connectivity index (χ3v) is 2.43. The molecule has 0 aliphatic carbocycles. The average Bonchev–Trinajstić information content (AvgIpc) is 2.29. The number of halogens is 2. The predicted octanol–water partition coefficient (Wildman–Crippen LogP) is 1.76. The van der Waals surface area contributed by atoms with Crippen LogP contribution in [0.1, 0.15) is 20.7 Å². The standard InChI is InChI=1S/C10H4Cl2O4/c11-7-1-5(9(15)3-13)8(12)2-6(7)10(16)4-14/h1-4H. The molecule has 0 N–H and O–H groups in total. The van der Waals surface area contributed by atoms with Crippen molar-refractivity contribution in [2.45, 2.75) is 0 Å². The van der Waals surface area contributed by atoms with Crippen LogP contribution >= 0.6 is 23.2 Å². The summed E-state index contributed by atoms with van der Waals surface area (Å²) in [7, 11) is 0. The summed E-state index contributed by atoms with van der Waals surface area (Å²) in [5, 5.41) is -0.210. The molecule has 1 aromatic rings. The first kappa shape index (κ1) is 12.5. The normalized spacial score (nSPS) is 9.62. The van der Waals surface area contributed by atoms with Gasteiger partial charge in [0.2, 0.25) is 11.6 Å². The lowest BCUT2D eigenvalue weighted by molar-refractivity contribution is -0.105. The Morgan fingerprint density at radius 3 is 1.44 bits per heavy atom. The molecule has 0 aromatic heterocycles. The first-order valence-electron chi connectivity index (χ1n) is 3.99. The monoisotopic (exact) mass is 258 g/mol. The quantitative estimate of drug-likeness (QED) is 0.469. The zero-order valence-corrected chi connectivity index (χ0v) is 9.21. The van der Waals surface area contributed by atoms with E-state index in [9.17, 15) is 19.2 Å². The minimum absolute atomic E-state index is 0.0821. The summed E-state index contributed by atoms with van der Waals surface area (Å²) in [6, 6.07) is 2.16. The highest BCUT2D eigenvalue weighted by molar-refractivity contribution is 6.45. The summed E-state index contributed by atoms with van der Waals surface area (Å²) in [6.45, 7) is 0. The second-order valence-electron chi connectivity index (χ2n) is 2.78. The van der Waals surface area contributed by atoms with Gasteiger partial charge in [-0.1, -0.05) is 23.2 Å². The molecule has 0 spiro atoms. The van der Waals surface area contributed by atoms with E-state index in [0.29, 0.717) is 0 Å². The highest BCUT2D eigenvalue weighted by atomic mass is 35.5. The van der Waals surface area contributed by atoms with E-state index in [2.05, 4.69) is 0 Å². The Balaban J connectivity index is 3.37. The SMILES string of the molecule is O=CC(=O)c1cc(Cl)c(C(=O)C=O)cc1Cl. The zero-order chi connectivity index (χ0) is 12.3. The van der Waals surface area contributed by atoms with Gasteiger partial charge in [-0.05, 0) is 12.1 Å². The molecular formula is C10H4Cl2O4. The minimum Gasteiger partial charge on any atom is -0.294 e. The molecule has 0 saturated carbocycles. The topological polar surface area (TPSA) is 68.3 Å². The third kappa shape index (κ3) is 2.35. The van der Waals surface area contributed by atoms with Gasteiger partial charge in [0.1, 0.15) is 0 Å². The van der Waals surface area contributed by atoms with Crippen molar-refractivity contribution >= 4 is 47.3 Å². The zero-order valence-electron chi connectivity index (χ0n) is 7.70. The Kier molecular flexibility index (Phi) is 3.93. The lowest BCUT2D eigenvalue weighted by Crippen LogP contribution is -2.05. The van der Waals surface area contributed by atoms with Crippen molar-refractivity contribution in [3.8, 4) is 0 Å². The van der Waals surface area contributed by atoms with Crippen LogP contribution in [0.15, 0.2) is 12.1 Å². The molecule has 0 bridgehead atoms. The average molecular weight is 259 g/mol. The van der Waals surface area contributed by atoms with Crippen LogP contribution in [0.2, 0.25) is 10.0 Å². The first-order valence-corrected chi connectivity index (χ1v) is 4.75. The molecule has 16 heavy (non-hydrogen) atoms. The number of aldehydes is 2. The molecule has 0 saturated heterocycles. The molecule has 0 radical (unpaired) electrons. The summed E-state index contributed by atoms with van der Waals surface area (Å²) in [4.78, 5) is 42.7. The smallest absolute Gasteiger partial charge is 0.226 e. The van der Waals surface area contributed by atoms with Gasteiger partial charge in [-0.3, -0.25) is 19.2 Å². The summed E-state index contributed by atoms with van der Waals surface area (Å²) in [5.74, 6) is -1.70. The Hall–Kier alpha value is -1.52. The number of hydrogen-bond donors (Lipinski definition) is 0. The maximum atomic E-state index is 11.1. The van der Waals surface area contributed by atoms with E-state index in [0.717, 1.165) is 12.1 Å². The van der Waals surface area contributed by atoms with E-state index in [-0.39, 0.29) is 33.7 Å². The summed E-state index contributed by atoms with van der Waals surface area (Å²) >= 11 is 11.3. The lowest BCUT2D eigenvalue weighted by Gasteiger charge is -2.03. The lowest BCUT2D eigenvalue weighted by atomic mass is 10.1. The second-order valence-corrected chi connectivity index (χ2v) is 3.59. The Labute approximate surface area is 100 Å². The van der Waals surface area contributed by atoms with Gasteiger partial charge in [-0.15, -0.1) is 0 Å². The number of ketones is 2. The third-order valence-electron chi connectivity index (χ3n) is 1.80. The summed E-state index contributed by atoms with van der Waals surface area (Å²) < 4.78 is 0. The van der Waals surface area contributed by atoms with Gasteiger partial charge in [-0.25, -0.2) is 0 Å². The van der Waals surface area contributed by atoms with Gasteiger partial charge in [0.25, 0.3) is 0 Å². The fourth-order valence-corrected chi connectivity index (χ4v) is 1.57. The van der Waals surface area contributed by atoms with Crippen molar-refractivity contribution in [2.24, 2.45) is 0 Å². The van der Waals surface area contributed by atoms with E-state index >= 15 is 0 Å². The molecule has 6 heteroatoms. The van der Waals surface area contributed by atoms with Gasteiger partial charge in [0.05, 0.1) is 10.0 Å². The van der Waals surface area contributed by atoms with Crippen molar-refractivity contribution in [3.05, 3.63) is 33.3 Å². The fraction of sp³-hybridized carbons (Fsp3) is 0. The molecule has 4 nitrogen and oxygen atoms in total. The Bertz CT molecular complexity index is 448. The van der Waals surface area contributed by atoms with Crippen molar-refractivity contribution in [2.75, 3.05) is 0 Å². The van der Waals surface area contributed by atoms with Crippen LogP contribution in [-0.4, -0.2) is 24.1 Å². The molecule has 1 aromatic carbocycles. The minimum atomic E-state index is -0.850. The number of hydrogen-bond acceptors (Lipinski definition) is 4. The van der Waals surface area contributed by atoms with Crippen molar-refractivity contribution < 1.29 is 19.2 Å². The molecule has 0 aliphatic heterocycles. The number of carbonyl (C=O) groups is 4. The van der Waals surface area contributed by atoms with Gasteiger partial charge in [-0.2, -0.15) is 0 Å². The Morgan fingerprint density at radius 2 is 1.19 bits per heavy atom.